The molecule has 0 aliphatic carbocycles. The van der Waals surface area contributed by atoms with Crippen molar-refractivity contribution >= 4 is 0 Å². The Balaban J connectivity index is -0.000000249. The second kappa shape index (κ2) is 32.9. The molecule has 0 aromatic rings. The molecule has 2 unspecified atom stereocenters. The standard InChI is InChI=1S/C9H6F12O3.C9H10F8O.C7H3F11O.C5H3F7O.C4H3F5O.C4H5F3O/c1-3-23-8(18,19)5(11,7(15,16)17)24-9(20,21)4(10,22-2)6(12,13)14;1-2-18-5-3-4-7(12,13)9(16,17)8(14,15)6(10)11;1-2-19-5(12,3(8,9)6(13,14)15)4(10,11)7(16,17)18;1-2-13-3(6,4(7,8)9)5(10,11)12;1-2-10-4(8,9)3(5,6)7;1-2-8-3-4(5,6)7/h3H,1H2,2H3;2,6H,1,3-5H2;2H,1H2;2H,1H2;2H,1H2;2H,1,3H2. The quantitative estimate of drug-likeness (QED) is 0.0509. The fourth-order valence-corrected chi connectivity index (χ4v) is 3.66. The Hall–Kier alpha value is -6.06. The molecule has 0 N–H and O–H groups in total. The van der Waals surface area contributed by atoms with E-state index in [1.54, 1.807) is 0 Å². The molecular weight excluding hydrogens is 1460 g/mol. The van der Waals surface area contributed by atoms with Crippen molar-refractivity contribution in [1.29, 1.82) is 0 Å². The molecule has 0 spiro atoms. The zero-order valence-corrected chi connectivity index (χ0v) is 42.8. The summed E-state index contributed by atoms with van der Waals surface area (Å²) in [7, 11) is -0.406. The molecule has 0 saturated carbocycles. The van der Waals surface area contributed by atoms with Crippen molar-refractivity contribution in [3.05, 3.63) is 77.0 Å². The number of hydrogen-bond acceptors (Lipinski definition) is 8. The lowest BCUT2D eigenvalue weighted by Gasteiger charge is -2.39. The van der Waals surface area contributed by atoms with E-state index in [1.807, 2.05) is 4.74 Å². The van der Waals surface area contributed by atoms with Crippen molar-refractivity contribution in [2.45, 2.75) is 140 Å². The maximum absolute atomic E-state index is 13.5. The van der Waals surface area contributed by atoms with Gasteiger partial charge in [0.25, 0.3) is 0 Å². The highest BCUT2D eigenvalue weighted by Crippen LogP contribution is 2.59. The first-order valence-electron chi connectivity index (χ1n) is 20.3. The van der Waals surface area contributed by atoms with Crippen LogP contribution in [0.25, 0.3) is 0 Å². The lowest BCUT2D eigenvalue weighted by molar-refractivity contribution is -0.539. The molecule has 0 rings (SSSR count). The smallest absolute Gasteiger partial charge is 0.498 e. The van der Waals surface area contributed by atoms with Gasteiger partial charge in [-0.25, -0.2) is 8.78 Å². The summed E-state index contributed by atoms with van der Waals surface area (Å²) in [5.41, 5.74) is 0. The van der Waals surface area contributed by atoms with Gasteiger partial charge >= 0.3 is 127 Å². The van der Waals surface area contributed by atoms with E-state index in [9.17, 15) is 202 Å². The van der Waals surface area contributed by atoms with Crippen molar-refractivity contribution in [2.75, 3.05) is 20.3 Å². The molecule has 552 valence electrons. The van der Waals surface area contributed by atoms with Crippen LogP contribution in [0.3, 0.4) is 0 Å². The van der Waals surface area contributed by atoms with Crippen LogP contribution >= 0.6 is 0 Å². The Morgan fingerprint density at radius 3 is 0.826 bits per heavy atom. The van der Waals surface area contributed by atoms with Crippen LogP contribution in [0.4, 0.5) is 202 Å². The third kappa shape index (κ3) is 24.4. The first kappa shape index (κ1) is 97.0. The zero-order chi connectivity index (χ0) is 76.3. The van der Waals surface area contributed by atoms with Gasteiger partial charge in [0.1, 0.15) is 0 Å². The molecule has 0 radical (unpaired) electrons. The Labute approximate surface area is 478 Å². The number of methoxy groups -OCH3 is 1. The van der Waals surface area contributed by atoms with Gasteiger partial charge in [-0.15, -0.1) is 0 Å². The maximum atomic E-state index is 13.5. The van der Waals surface area contributed by atoms with Crippen molar-refractivity contribution in [2.24, 2.45) is 0 Å². The summed E-state index contributed by atoms with van der Waals surface area (Å²) in [5, 5.41) is 0. The summed E-state index contributed by atoms with van der Waals surface area (Å²) in [5.74, 6) is -57.5. The molecule has 54 heteroatoms. The van der Waals surface area contributed by atoms with Crippen molar-refractivity contribution in [1.82, 2.24) is 0 Å². The Morgan fingerprint density at radius 1 is 0.315 bits per heavy atom. The molecule has 8 nitrogen and oxygen atoms in total. The van der Waals surface area contributed by atoms with Gasteiger partial charge in [-0.05, 0) is 6.42 Å². The van der Waals surface area contributed by atoms with E-state index in [0.29, 0.717) is 0 Å². The summed E-state index contributed by atoms with van der Waals surface area (Å²) in [6.45, 7) is 13.7. The molecule has 0 aliphatic heterocycles. The van der Waals surface area contributed by atoms with Crippen LogP contribution in [0.2, 0.25) is 0 Å². The molecule has 0 saturated heterocycles. The number of alkyl halides is 46. The van der Waals surface area contributed by atoms with Gasteiger partial charge in [-0.2, -0.15) is 193 Å². The van der Waals surface area contributed by atoms with E-state index in [1.165, 1.54) is 0 Å². The molecular formula is C38H30F46O8. The molecule has 0 amide bonds. The largest absolute Gasteiger partial charge is 0.502 e. The van der Waals surface area contributed by atoms with Gasteiger partial charge in [0.15, 0.2) is 6.61 Å². The maximum Gasteiger partial charge on any atom is 0.498 e. The first-order chi connectivity index (χ1) is 39.8. The van der Waals surface area contributed by atoms with Crippen LogP contribution in [0.15, 0.2) is 77.0 Å². The summed E-state index contributed by atoms with van der Waals surface area (Å²) >= 11 is 0. The van der Waals surface area contributed by atoms with Gasteiger partial charge < -0.3 is 33.2 Å². The third-order valence-electron chi connectivity index (χ3n) is 7.95. The van der Waals surface area contributed by atoms with E-state index < -0.39 is 173 Å². The van der Waals surface area contributed by atoms with Crippen LogP contribution < -0.4 is 0 Å². The molecule has 0 aliphatic rings. The van der Waals surface area contributed by atoms with Gasteiger partial charge in [0.05, 0.1) is 44.2 Å². The predicted molar refractivity (Wildman–Crippen MR) is 204 cm³/mol. The molecule has 0 heterocycles. The average molecular weight is 1490 g/mol. The number of hydrogen-bond donors (Lipinski definition) is 0. The Bertz CT molecular complexity index is 2180. The summed E-state index contributed by atoms with van der Waals surface area (Å²) < 4.78 is 581. The molecule has 0 fully saturated rings. The molecule has 92 heavy (non-hydrogen) atoms. The molecule has 0 aromatic carbocycles. The van der Waals surface area contributed by atoms with Gasteiger partial charge in [0.2, 0.25) is 0 Å². The SMILES string of the molecule is C=COC(F)(C(F)(F)C(F)(F)F)C(F)(F)C(F)(F)F.C=COC(F)(C(F)(F)F)C(F)(F)F.C=COC(F)(F)C(F)(F)F.C=COC(F)(F)C(F)(OC(F)(F)C(F)(OC)C(F)(F)F)C(F)(F)F.C=COCC(F)(F)F.C=COCCCC(F)(F)C(F)(F)C(F)(F)C(F)F. The second-order valence-corrected chi connectivity index (χ2v) is 14.4. The van der Waals surface area contributed by atoms with Gasteiger partial charge in [0, 0.05) is 13.5 Å². The van der Waals surface area contributed by atoms with Crippen LogP contribution in [0.5, 0.6) is 0 Å². The summed E-state index contributed by atoms with van der Waals surface area (Å²) in [4.78, 5) is 0. The average Bonchev–Trinajstić information content (AvgIpc) is 0.734. The van der Waals surface area contributed by atoms with Crippen molar-refractivity contribution in [3.8, 4) is 0 Å². The predicted octanol–water partition coefficient (Wildman–Crippen LogP) is 19.7. The van der Waals surface area contributed by atoms with E-state index >= 15 is 0 Å². The molecule has 0 bridgehead atoms. The van der Waals surface area contributed by atoms with Crippen LogP contribution in [0.1, 0.15) is 12.8 Å². The van der Waals surface area contributed by atoms with E-state index in [-0.39, 0.29) is 12.5 Å². The highest BCUT2D eigenvalue weighted by Gasteiger charge is 2.89. The first-order valence-corrected chi connectivity index (χ1v) is 20.3. The molecule has 2 atom stereocenters. The highest BCUT2D eigenvalue weighted by molar-refractivity contribution is 5.05. The molecule has 0 aromatic heterocycles. The fourth-order valence-electron chi connectivity index (χ4n) is 3.66. The zero-order valence-electron chi connectivity index (χ0n) is 42.8. The summed E-state index contributed by atoms with van der Waals surface area (Å²) in [6.07, 6.45) is -75.9. The topological polar surface area (TPSA) is 73.8 Å². The fraction of sp³-hybridized carbons (Fsp3) is 0.684. The Morgan fingerprint density at radius 2 is 0.620 bits per heavy atom. The minimum Gasteiger partial charge on any atom is -0.502 e. The van der Waals surface area contributed by atoms with Crippen LogP contribution in [-0.4, -0.2) is 148 Å². The van der Waals surface area contributed by atoms with E-state index in [2.05, 4.69) is 72.6 Å². The minimum atomic E-state index is -7.15. The van der Waals surface area contributed by atoms with Gasteiger partial charge in [-0.1, -0.05) is 39.5 Å². The van der Waals surface area contributed by atoms with E-state index in [0.717, 1.165) is 12.5 Å². The number of rotatable bonds is 25. The lowest BCUT2D eigenvalue weighted by atomic mass is 10.0. The van der Waals surface area contributed by atoms with Gasteiger partial charge in [-0.3, -0.25) is 4.74 Å². The van der Waals surface area contributed by atoms with Crippen LogP contribution in [0, 0.1) is 0 Å². The van der Waals surface area contributed by atoms with E-state index in [4.69, 9.17) is 0 Å². The monoisotopic (exact) mass is 1490 g/mol. The summed E-state index contributed by atoms with van der Waals surface area (Å²) in [6, 6.07) is 0. The Kier molecular flexibility index (Phi) is 34.7. The lowest BCUT2D eigenvalue weighted by Crippen LogP contribution is -2.68. The van der Waals surface area contributed by atoms with Crippen molar-refractivity contribution < 1.29 is 240 Å². The normalized spacial score (nSPS) is 15.3. The van der Waals surface area contributed by atoms with Crippen molar-refractivity contribution in [3.63, 3.8) is 0 Å². The highest BCUT2D eigenvalue weighted by atomic mass is 19.5. The third-order valence-corrected chi connectivity index (χ3v) is 7.95. The number of halogens is 46. The number of ether oxygens (including phenoxy) is 8. The second-order valence-electron chi connectivity index (χ2n) is 14.4. The minimum absolute atomic E-state index is 0.0352. The van der Waals surface area contributed by atoms with Crippen LogP contribution in [-0.2, 0) is 37.9 Å².